The lowest BCUT2D eigenvalue weighted by molar-refractivity contribution is 0.0600. The van der Waals surface area contributed by atoms with Gasteiger partial charge in [0.05, 0.1) is 34.3 Å². The van der Waals surface area contributed by atoms with Gasteiger partial charge in [-0.25, -0.2) is 21.6 Å². The second kappa shape index (κ2) is 7.96. The van der Waals surface area contributed by atoms with Gasteiger partial charge in [-0.1, -0.05) is 6.07 Å². The standard InChI is InChI=1S/C19H19NO7S2/c1-27-19(22)13-5-7-15(8-6-13)20-18(21)14-3-2-4-16(11-14)29(25,26)17-9-10-28(23,24)12-17/h2-8,11,17H,9-10,12H2,1H3,(H,20,21). The molecular formula is C19H19NO7S2. The van der Waals surface area contributed by atoms with Gasteiger partial charge in [-0.05, 0) is 48.9 Å². The minimum absolute atomic E-state index is 0.0492. The van der Waals surface area contributed by atoms with E-state index in [2.05, 4.69) is 10.1 Å². The van der Waals surface area contributed by atoms with Crippen LogP contribution in [0.25, 0.3) is 0 Å². The van der Waals surface area contributed by atoms with Crippen LogP contribution in [0.2, 0.25) is 0 Å². The normalized spacial score (nSPS) is 18.2. The van der Waals surface area contributed by atoms with Crippen LogP contribution in [0.3, 0.4) is 0 Å². The van der Waals surface area contributed by atoms with Gasteiger partial charge in [0, 0.05) is 11.3 Å². The number of rotatable bonds is 5. The predicted octanol–water partition coefficient (Wildman–Crippen LogP) is 1.69. The summed E-state index contributed by atoms with van der Waals surface area (Å²) < 4.78 is 53.3. The van der Waals surface area contributed by atoms with E-state index < -0.39 is 42.6 Å². The zero-order valence-electron chi connectivity index (χ0n) is 15.5. The van der Waals surface area contributed by atoms with E-state index in [1.54, 1.807) is 0 Å². The fraction of sp³-hybridized carbons (Fsp3) is 0.263. The average Bonchev–Trinajstić information content (AvgIpc) is 3.08. The van der Waals surface area contributed by atoms with Gasteiger partial charge in [0.25, 0.3) is 5.91 Å². The Morgan fingerprint density at radius 1 is 1.07 bits per heavy atom. The summed E-state index contributed by atoms with van der Waals surface area (Å²) in [6, 6.07) is 11.5. The minimum Gasteiger partial charge on any atom is -0.465 e. The highest BCUT2D eigenvalue weighted by Gasteiger charge is 2.38. The molecule has 154 valence electrons. The van der Waals surface area contributed by atoms with E-state index in [1.807, 2.05) is 0 Å². The molecule has 1 fully saturated rings. The molecule has 1 heterocycles. The van der Waals surface area contributed by atoms with Gasteiger partial charge in [-0.3, -0.25) is 4.79 Å². The molecule has 0 aliphatic carbocycles. The Kier molecular flexibility index (Phi) is 5.76. The molecule has 2 aromatic rings. The van der Waals surface area contributed by atoms with Crippen molar-refractivity contribution in [2.45, 2.75) is 16.6 Å². The number of hydrogen-bond acceptors (Lipinski definition) is 7. The summed E-state index contributed by atoms with van der Waals surface area (Å²) in [5.74, 6) is -1.60. The van der Waals surface area contributed by atoms with Crippen molar-refractivity contribution in [3.8, 4) is 0 Å². The summed E-state index contributed by atoms with van der Waals surface area (Å²) in [7, 11) is -5.96. The first-order chi connectivity index (χ1) is 13.6. The quantitative estimate of drug-likeness (QED) is 0.706. The Hall–Kier alpha value is -2.72. The highest BCUT2D eigenvalue weighted by molar-refractivity contribution is 7.96. The first-order valence-corrected chi connectivity index (χ1v) is 12.0. The molecule has 0 spiro atoms. The number of amides is 1. The van der Waals surface area contributed by atoms with Gasteiger partial charge in [-0.15, -0.1) is 0 Å². The molecule has 1 unspecified atom stereocenters. The molecule has 1 aliphatic rings. The van der Waals surface area contributed by atoms with Gasteiger partial charge in [0.2, 0.25) is 0 Å². The van der Waals surface area contributed by atoms with Gasteiger partial charge in [0.15, 0.2) is 19.7 Å². The lowest BCUT2D eigenvalue weighted by atomic mass is 10.2. The number of anilines is 1. The molecule has 1 N–H and O–H groups in total. The first kappa shape index (κ1) is 21.0. The van der Waals surface area contributed by atoms with Crippen LogP contribution in [0, 0.1) is 0 Å². The van der Waals surface area contributed by atoms with Gasteiger partial charge < -0.3 is 10.1 Å². The monoisotopic (exact) mass is 437 g/mol. The summed E-state index contributed by atoms with van der Waals surface area (Å²) in [6.07, 6.45) is 0.0492. The summed E-state index contributed by atoms with van der Waals surface area (Å²) >= 11 is 0. The molecule has 0 aromatic heterocycles. The van der Waals surface area contributed by atoms with E-state index in [-0.39, 0.29) is 22.6 Å². The van der Waals surface area contributed by atoms with Crippen molar-refractivity contribution in [1.82, 2.24) is 0 Å². The highest BCUT2D eigenvalue weighted by atomic mass is 32.2. The van der Waals surface area contributed by atoms with E-state index in [1.165, 1.54) is 55.6 Å². The maximum absolute atomic E-state index is 12.7. The molecule has 8 nitrogen and oxygen atoms in total. The molecule has 1 atom stereocenters. The number of carbonyl (C=O) groups is 2. The molecule has 0 bridgehead atoms. The molecule has 3 rings (SSSR count). The van der Waals surface area contributed by atoms with Crippen LogP contribution in [0.5, 0.6) is 0 Å². The number of methoxy groups -OCH3 is 1. The highest BCUT2D eigenvalue weighted by Crippen LogP contribution is 2.26. The fourth-order valence-corrected chi connectivity index (χ4v) is 7.43. The van der Waals surface area contributed by atoms with Crippen LogP contribution < -0.4 is 5.32 Å². The molecule has 10 heteroatoms. The Labute approximate surface area is 168 Å². The second-order valence-electron chi connectivity index (χ2n) is 6.62. The van der Waals surface area contributed by atoms with Crippen molar-refractivity contribution in [1.29, 1.82) is 0 Å². The minimum atomic E-state index is -3.87. The number of carbonyl (C=O) groups excluding carboxylic acids is 2. The number of hydrogen-bond donors (Lipinski definition) is 1. The van der Waals surface area contributed by atoms with Crippen LogP contribution >= 0.6 is 0 Å². The van der Waals surface area contributed by atoms with Crippen molar-refractivity contribution in [3.05, 3.63) is 59.7 Å². The number of nitrogens with one attached hydrogen (secondary N) is 1. The third-order valence-corrected chi connectivity index (χ3v) is 8.79. The summed E-state index contributed by atoms with van der Waals surface area (Å²) in [6.45, 7) is 0. The van der Waals surface area contributed by atoms with Crippen LogP contribution in [-0.2, 0) is 24.4 Å². The molecule has 1 amide bonds. The number of ether oxygens (including phenoxy) is 1. The maximum atomic E-state index is 12.7. The average molecular weight is 437 g/mol. The van der Waals surface area contributed by atoms with Crippen LogP contribution in [-0.4, -0.2) is 52.6 Å². The lowest BCUT2D eigenvalue weighted by Gasteiger charge is -2.11. The Balaban J connectivity index is 1.78. The third kappa shape index (κ3) is 4.65. The maximum Gasteiger partial charge on any atom is 0.337 e. The van der Waals surface area contributed by atoms with Gasteiger partial charge in [-0.2, -0.15) is 0 Å². The van der Waals surface area contributed by atoms with E-state index in [4.69, 9.17) is 0 Å². The molecule has 1 saturated heterocycles. The van der Waals surface area contributed by atoms with Crippen molar-refractivity contribution < 1.29 is 31.2 Å². The van der Waals surface area contributed by atoms with E-state index in [0.29, 0.717) is 11.3 Å². The van der Waals surface area contributed by atoms with E-state index >= 15 is 0 Å². The largest absolute Gasteiger partial charge is 0.465 e. The number of sulfone groups is 2. The number of benzene rings is 2. The van der Waals surface area contributed by atoms with Crippen LogP contribution in [0.4, 0.5) is 5.69 Å². The van der Waals surface area contributed by atoms with Crippen LogP contribution in [0.1, 0.15) is 27.1 Å². The van der Waals surface area contributed by atoms with Crippen LogP contribution in [0.15, 0.2) is 53.4 Å². The zero-order valence-corrected chi connectivity index (χ0v) is 17.1. The summed E-state index contributed by atoms with van der Waals surface area (Å²) in [5.41, 5.74) is 0.854. The van der Waals surface area contributed by atoms with Crippen molar-refractivity contribution in [3.63, 3.8) is 0 Å². The van der Waals surface area contributed by atoms with Crippen molar-refractivity contribution in [2.24, 2.45) is 0 Å². The Morgan fingerprint density at radius 2 is 1.76 bits per heavy atom. The second-order valence-corrected chi connectivity index (χ2v) is 11.1. The fourth-order valence-electron chi connectivity index (χ4n) is 3.02. The topological polar surface area (TPSA) is 124 Å². The van der Waals surface area contributed by atoms with Gasteiger partial charge in [0.1, 0.15) is 0 Å². The van der Waals surface area contributed by atoms with Gasteiger partial charge >= 0.3 is 5.97 Å². The zero-order chi connectivity index (χ0) is 21.2. The lowest BCUT2D eigenvalue weighted by Crippen LogP contribution is -2.23. The Morgan fingerprint density at radius 3 is 2.34 bits per heavy atom. The molecule has 1 aliphatic heterocycles. The number of esters is 1. The summed E-state index contributed by atoms with van der Waals surface area (Å²) in [5, 5.41) is 1.62. The van der Waals surface area contributed by atoms with Crippen molar-refractivity contribution >= 4 is 37.2 Å². The first-order valence-electron chi connectivity index (χ1n) is 8.66. The molecule has 0 radical (unpaired) electrons. The Bertz CT molecular complexity index is 1150. The van der Waals surface area contributed by atoms with E-state index in [9.17, 15) is 26.4 Å². The molecule has 0 saturated carbocycles. The molecular weight excluding hydrogens is 418 g/mol. The van der Waals surface area contributed by atoms with E-state index in [0.717, 1.165) is 0 Å². The smallest absolute Gasteiger partial charge is 0.337 e. The van der Waals surface area contributed by atoms with Crippen molar-refractivity contribution in [2.75, 3.05) is 23.9 Å². The molecule has 2 aromatic carbocycles. The molecule has 29 heavy (non-hydrogen) atoms. The predicted molar refractivity (Wildman–Crippen MR) is 106 cm³/mol. The third-order valence-electron chi connectivity index (χ3n) is 4.62. The SMILES string of the molecule is COC(=O)c1ccc(NC(=O)c2cccc(S(=O)(=O)C3CCS(=O)(=O)C3)c2)cc1. The summed E-state index contributed by atoms with van der Waals surface area (Å²) in [4.78, 5) is 23.9.